The van der Waals surface area contributed by atoms with Crippen LogP contribution in [0.15, 0.2) is 42.6 Å². The third kappa shape index (κ3) is 2.26. The van der Waals surface area contributed by atoms with Crippen molar-refractivity contribution in [1.29, 1.82) is 5.26 Å². The Morgan fingerprint density at radius 2 is 2.00 bits per heavy atom. The van der Waals surface area contributed by atoms with E-state index in [-0.39, 0.29) is 0 Å². The average Bonchev–Trinajstić information content (AvgIpc) is 2.40. The molecule has 0 amide bonds. The Morgan fingerprint density at radius 1 is 1.24 bits per heavy atom. The summed E-state index contributed by atoms with van der Waals surface area (Å²) in [6.07, 6.45) is 2.03. The summed E-state index contributed by atoms with van der Waals surface area (Å²) in [5.41, 5.74) is 2.63. The summed E-state index contributed by atoms with van der Waals surface area (Å²) in [5, 5.41) is 8.78. The molecule has 0 saturated carbocycles. The SMILES string of the molecule is COc1c(CC#N)ccnc1-c1ccccc1. The maximum Gasteiger partial charge on any atom is 0.149 e. The number of ether oxygens (including phenoxy) is 1. The fourth-order valence-corrected chi connectivity index (χ4v) is 1.74. The molecule has 84 valence electrons. The predicted octanol–water partition coefficient (Wildman–Crippen LogP) is 2.82. The molecule has 0 radical (unpaired) electrons. The minimum absolute atomic E-state index is 0.325. The number of methoxy groups -OCH3 is 1. The number of pyridine rings is 1. The molecule has 2 aromatic rings. The van der Waals surface area contributed by atoms with Crippen LogP contribution in [0.1, 0.15) is 5.56 Å². The molecule has 0 N–H and O–H groups in total. The lowest BCUT2D eigenvalue weighted by atomic mass is 10.1. The average molecular weight is 224 g/mol. The molecule has 0 bridgehead atoms. The van der Waals surface area contributed by atoms with Crippen molar-refractivity contribution in [1.82, 2.24) is 4.98 Å². The predicted molar refractivity (Wildman–Crippen MR) is 65.5 cm³/mol. The third-order valence-electron chi connectivity index (χ3n) is 2.51. The van der Waals surface area contributed by atoms with Crippen LogP contribution in [-0.4, -0.2) is 12.1 Å². The Kier molecular flexibility index (Phi) is 3.37. The van der Waals surface area contributed by atoms with Crippen LogP contribution in [0.2, 0.25) is 0 Å². The maximum atomic E-state index is 8.78. The molecular weight excluding hydrogens is 212 g/mol. The summed E-state index contributed by atoms with van der Waals surface area (Å²) >= 11 is 0. The Hall–Kier alpha value is -2.34. The van der Waals surface area contributed by atoms with E-state index in [0.29, 0.717) is 12.2 Å². The molecule has 0 aliphatic heterocycles. The molecule has 0 fully saturated rings. The molecule has 1 heterocycles. The first-order valence-electron chi connectivity index (χ1n) is 5.31. The van der Waals surface area contributed by atoms with Gasteiger partial charge in [-0.3, -0.25) is 4.98 Å². The van der Waals surface area contributed by atoms with E-state index in [9.17, 15) is 0 Å². The Balaban J connectivity index is 2.55. The van der Waals surface area contributed by atoms with E-state index in [1.54, 1.807) is 13.3 Å². The normalized spacial score (nSPS) is 9.65. The molecule has 1 aromatic carbocycles. The van der Waals surface area contributed by atoms with Crippen LogP contribution >= 0.6 is 0 Å². The quantitative estimate of drug-likeness (QED) is 0.805. The second-order valence-corrected chi connectivity index (χ2v) is 3.55. The zero-order valence-electron chi connectivity index (χ0n) is 9.55. The van der Waals surface area contributed by atoms with Gasteiger partial charge in [0.25, 0.3) is 0 Å². The number of aromatic nitrogens is 1. The molecule has 3 heteroatoms. The van der Waals surface area contributed by atoms with Gasteiger partial charge in [-0.2, -0.15) is 5.26 Å². The van der Waals surface area contributed by atoms with Crippen molar-refractivity contribution in [3.8, 4) is 23.1 Å². The van der Waals surface area contributed by atoms with Gasteiger partial charge in [0, 0.05) is 17.3 Å². The van der Waals surface area contributed by atoms with Gasteiger partial charge in [-0.05, 0) is 6.07 Å². The van der Waals surface area contributed by atoms with Gasteiger partial charge >= 0.3 is 0 Å². The smallest absolute Gasteiger partial charge is 0.149 e. The van der Waals surface area contributed by atoms with Crippen molar-refractivity contribution in [2.75, 3.05) is 7.11 Å². The number of hydrogen-bond donors (Lipinski definition) is 0. The van der Waals surface area contributed by atoms with Crippen molar-refractivity contribution < 1.29 is 4.74 Å². The van der Waals surface area contributed by atoms with E-state index < -0.39 is 0 Å². The minimum Gasteiger partial charge on any atom is -0.494 e. The van der Waals surface area contributed by atoms with Gasteiger partial charge in [0.15, 0.2) is 0 Å². The largest absolute Gasteiger partial charge is 0.494 e. The van der Waals surface area contributed by atoms with Crippen LogP contribution in [0.5, 0.6) is 5.75 Å². The van der Waals surface area contributed by atoms with Gasteiger partial charge in [-0.1, -0.05) is 30.3 Å². The Bertz CT molecular complexity index is 544. The fourth-order valence-electron chi connectivity index (χ4n) is 1.74. The molecule has 2 rings (SSSR count). The highest BCUT2D eigenvalue weighted by Gasteiger charge is 2.11. The van der Waals surface area contributed by atoms with Gasteiger partial charge in [0.1, 0.15) is 11.4 Å². The molecule has 17 heavy (non-hydrogen) atoms. The van der Waals surface area contributed by atoms with E-state index in [4.69, 9.17) is 10.00 Å². The number of rotatable bonds is 3. The molecule has 0 atom stereocenters. The zero-order valence-corrected chi connectivity index (χ0v) is 9.55. The van der Waals surface area contributed by atoms with Crippen molar-refractivity contribution in [3.63, 3.8) is 0 Å². The summed E-state index contributed by atoms with van der Waals surface area (Å²) in [6.45, 7) is 0. The molecular formula is C14H12N2O. The molecule has 0 spiro atoms. The number of hydrogen-bond acceptors (Lipinski definition) is 3. The van der Waals surface area contributed by atoms with Crippen LogP contribution in [0.25, 0.3) is 11.3 Å². The first-order chi connectivity index (χ1) is 8.36. The second kappa shape index (κ2) is 5.13. The molecule has 3 nitrogen and oxygen atoms in total. The highest BCUT2D eigenvalue weighted by molar-refractivity contribution is 5.68. The molecule has 0 aliphatic carbocycles. The number of benzene rings is 1. The standard InChI is InChI=1S/C14H12N2O/c1-17-14-12(7-9-15)8-10-16-13(14)11-5-3-2-4-6-11/h2-6,8,10H,7H2,1H3. The van der Waals surface area contributed by atoms with Crippen molar-refractivity contribution >= 4 is 0 Å². The second-order valence-electron chi connectivity index (χ2n) is 3.55. The van der Waals surface area contributed by atoms with Gasteiger partial charge in [-0.25, -0.2) is 0 Å². The minimum atomic E-state index is 0.325. The van der Waals surface area contributed by atoms with E-state index >= 15 is 0 Å². The van der Waals surface area contributed by atoms with Crippen molar-refractivity contribution in [3.05, 3.63) is 48.2 Å². The van der Waals surface area contributed by atoms with E-state index in [2.05, 4.69) is 11.1 Å². The third-order valence-corrected chi connectivity index (χ3v) is 2.51. The molecule has 0 saturated heterocycles. The van der Waals surface area contributed by atoms with Crippen molar-refractivity contribution in [2.45, 2.75) is 6.42 Å². The maximum absolute atomic E-state index is 8.78. The Morgan fingerprint density at radius 3 is 2.65 bits per heavy atom. The van der Waals surface area contributed by atoms with Gasteiger partial charge < -0.3 is 4.74 Å². The van der Waals surface area contributed by atoms with Crippen LogP contribution in [0.3, 0.4) is 0 Å². The highest BCUT2D eigenvalue weighted by atomic mass is 16.5. The van der Waals surface area contributed by atoms with Crippen LogP contribution in [-0.2, 0) is 6.42 Å². The van der Waals surface area contributed by atoms with Gasteiger partial charge in [0.2, 0.25) is 0 Å². The molecule has 1 aromatic heterocycles. The van der Waals surface area contributed by atoms with Gasteiger partial charge in [-0.15, -0.1) is 0 Å². The monoisotopic (exact) mass is 224 g/mol. The van der Waals surface area contributed by atoms with Crippen LogP contribution in [0.4, 0.5) is 0 Å². The molecule has 0 unspecified atom stereocenters. The lowest BCUT2D eigenvalue weighted by Crippen LogP contribution is -1.96. The lowest BCUT2D eigenvalue weighted by Gasteiger charge is -2.10. The first kappa shape index (κ1) is 11.2. The Labute approximate surface area is 100 Å². The highest BCUT2D eigenvalue weighted by Crippen LogP contribution is 2.30. The van der Waals surface area contributed by atoms with Gasteiger partial charge in [0.05, 0.1) is 19.6 Å². The fraction of sp³-hybridized carbons (Fsp3) is 0.143. The summed E-state index contributed by atoms with van der Waals surface area (Å²) < 4.78 is 5.37. The van der Waals surface area contributed by atoms with Crippen LogP contribution in [0, 0.1) is 11.3 Å². The van der Waals surface area contributed by atoms with E-state index in [0.717, 1.165) is 16.8 Å². The number of nitrogens with zero attached hydrogens (tertiary/aromatic N) is 2. The summed E-state index contributed by atoms with van der Waals surface area (Å²) in [4.78, 5) is 4.33. The molecule has 0 aliphatic rings. The zero-order chi connectivity index (χ0) is 12.1. The van der Waals surface area contributed by atoms with E-state index in [1.807, 2.05) is 36.4 Å². The van der Waals surface area contributed by atoms with E-state index in [1.165, 1.54) is 0 Å². The van der Waals surface area contributed by atoms with Crippen molar-refractivity contribution in [2.24, 2.45) is 0 Å². The lowest BCUT2D eigenvalue weighted by molar-refractivity contribution is 0.411. The summed E-state index contributed by atoms with van der Waals surface area (Å²) in [7, 11) is 1.60. The summed E-state index contributed by atoms with van der Waals surface area (Å²) in [5.74, 6) is 0.681. The number of nitriles is 1. The summed E-state index contributed by atoms with van der Waals surface area (Å²) in [6, 6.07) is 13.7. The first-order valence-corrected chi connectivity index (χ1v) is 5.31. The topological polar surface area (TPSA) is 45.9 Å². The van der Waals surface area contributed by atoms with Crippen LogP contribution < -0.4 is 4.74 Å².